The van der Waals surface area contributed by atoms with Crippen LogP contribution in [-0.2, 0) is 25.8 Å². The second-order valence-electron chi connectivity index (χ2n) is 4.23. The molecule has 1 N–H and O–H groups in total. The van der Waals surface area contributed by atoms with Gasteiger partial charge in [0.2, 0.25) is 0 Å². The molecule has 0 fully saturated rings. The number of aliphatic carboxylic acids is 1. The molecule has 0 unspecified atom stereocenters. The normalized spacial score (nSPS) is 11.4. The molecule has 0 atom stereocenters. The third-order valence-corrected chi connectivity index (χ3v) is 4.47. The summed E-state index contributed by atoms with van der Waals surface area (Å²) in [6, 6.07) is 6.00. The van der Waals surface area contributed by atoms with Gasteiger partial charge in [-0.15, -0.1) is 0 Å². The Morgan fingerprint density at radius 3 is 2.37 bits per heavy atom. The van der Waals surface area contributed by atoms with Gasteiger partial charge in [0.1, 0.15) is 0 Å². The molecule has 0 heterocycles. The Morgan fingerprint density at radius 2 is 1.84 bits per heavy atom. The lowest BCUT2D eigenvalue weighted by atomic mass is 10.2. The monoisotopic (exact) mass is 286 g/mol. The lowest BCUT2D eigenvalue weighted by molar-refractivity contribution is -0.136. The second-order valence-corrected chi connectivity index (χ2v) is 6.34. The molecule has 19 heavy (non-hydrogen) atoms. The van der Waals surface area contributed by atoms with Crippen molar-refractivity contribution in [1.82, 2.24) is 0 Å². The van der Waals surface area contributed by atoms with Crippen LogP contribution in [0.25, 0.3) is 0 Å². The van der Waals surface area contributed by atoms with Crippen LogP contribution in [0.4, 0.5) is 0 Å². The maximum atomic E-state index is 12.0. The van der Waals surface area contributed by atoms with Gasteiger partial charge in [0.05, 0.1) is 17.1 Å². The number of methoxy groups -OCH3 is 1. The molecular weight excluding hydrogens is 268 g/mol. The van der Waals surface area contributed by atoms with Gasteiger partial charge < -0.3 is 9.84 Å². The molecule has 6 heteroatoms. The fourth-order valence-corrected chi connectivity index (χ4v) is 3.02. The predicted octanol–water partition coefficient (Wildman–Crippen LogP) is 1.51. The number of carboxylic acid groups (broad SMARTS) is 1. The molecule has 0 radical (unpaired) electrons. The Kier molecular flexibility index (Phi) is 5.98. The van der Waals surface area contributed by atoms with E-state index in [-0.39, 0.29) is 17.1 Å². The van der Waals surface area contributed by atoms with Crippen molar-refractivity contribution in [3.8, 4) is 0 Å². The van der Waals surface area contributed by atoms with Gasteiger partial charge in [0.15, 0.2) is 9.84 Å². The van der Waals surface area contributed by atoms with Crippen LogP contribution in [0.1, 0.15) is 18.4 Å². The molecule has 1 rings (SSSR count). The van der Waals surface area contributed by atoms with Gasteiger partial charge >= 0.3 is 5.97 Å². The SMILES string of the molecule is COCCCCS(=O)(=O)c1ccc(CC(=O)O)cc1. The van der Waals surface area contributed by atoms with Gasteiger partial charge in [-0.05, 0) is 30.5 Å². The fourth-order valence-electron chi connectivity index (χ4n) is 1.65. The first kappa shape index (κ1) is 15.7. The van der Waals surface area contributed by atoms with Crippen LogP contribution in [-0.4, -0.2) is 39.0 Å². The number of carboxylic acids is 1. The highest BCUT2D eigenvalue weighted by molar-refractivity contribution is 7.91. The van der Waals surface area contributed by atoms with Crippen molar-refractivity contribution in [3.05, 3.63) is 29.8 Å². The minimum Gasteiger partial charge on any atom is -0.481 e. The van der Waals surface area contributed by atoms with Crippen LogP contribution in [0.3, 0.4) is 0 Å². The van der Waals surface area contributed by atoms with Crippen LogP contribution in [0.15, 0.2) is 29.2 Å². The first-order valence-corrected chi connectivity index (χ1v) is 7.63. The van der Waals surface area contributed by atoms with Gasteiger partial charge in [-0.25, -0.2) is 8.42 Å². The third-order valence-electron chi connectivity index (χ3n) is 2.65. The Bertz CT molecular complexity index is 504. The van der Waals surface area contributed by atoms with Crippen molar-refractivity contribution >= 4 is 15.8 Å². The predicted molar refractivity (Wildman–Crippen MR) is 70.9 cm³/mol. The number of sulfone groups is 1. The largest absolute Gasteiger partial charge is 0.481 e. The molecule has 0 aliphatic carbocycles. The van der Waals surface area contributed by atoms with Crippen LogP contribution < -0.4 is 0 Å². The molecule has 0 aliphatic rings. The average molecular weight is 286 g/mol. The van der Waals surface area contributed by atoms with E-state index < -0.39 is 15.8 Å². The molecule has 0 saturated heterocycles. The van der Waals surface area contributed by atoms with Gasteiger partial charge in [-0.3, -0.25) is 4.79 Å². The van der Waals surface area contributed by atoms with Crippen molar-refractivity contribution in [3.63, 3.8) is 0 Å². The first-order valence-electron chi connectivity index (χ1n) is 5.98. The van der Waals surface area contributed by atoms with Crippen molar-refractivity contribution in [2.75, 3.05) is 19.5 Å². The standard InChI is InChI=1S/C13H18O5S/c1-18-8-2-3-9-19(16,17)12-6-4-11(5-7-12)10-13(14)15/h4-7H,2-3,8-10H2,1H3,(H,14,15). The maximum Gasteiger partial charge on any atom is 0.307 e. The topological polar surface area (TPSA) is 80.7 Å². The minimum atomic E-state index is -3.29. The number of hydrogen-bond acceptors (Lipinski definition) is 4. The molecule has 5 nitrogen and oxygen atoms in total. The minimum absolute atomic E-state index is 0.0780. The van der Waals surface area contributed by atoms with Crippen molar-refractivity contribution < 1.29 is 23.1 Å². The summed E-state index contributed by atoms with van der Waals surface area (Å²) in [5.74, 6) is -0.857. The highest BCUT2D eigenvalue weighted by atomic mass is 32.2. The third kappa shape index (κ3) is 5.40. The molecule has 1 aromatic carbocycles. The first-order chi connectivity index (χ1) is 8.95. The van der Waals surface area contributed by atoms with Gasteiger partial charge in [-0.2, -0.15) is 0 Å². The van der Waals surface area contributed by atoms with Gasteiger partial charge in [-0.1, -0.05) is 12.1 Å². The molecule has 0 amide bonds. The summed E-state index contributed by atoms with van der Waals surface area (Å²) in [7, 11) is -1.71. The van der Waals surface area contributed by atoms with E-state index in [2.05, 4.69) is 0 Å². The van der Waals surface area contributed by atoms with E-state index in [1.54, 1.807) is 7.11 Å². The van der Waals surface area contributed by atoms with E-state index in [0.717, 1.165) is 0 Å². The highest BCUT2D eigenvalue weighted by Crippen LogP contribution is 2.14. The van der Waals surface area contributed by atoms with E-state index in [1.165, 1.54) is 24.3 Å². The number of carbonyl (C=O) groups is 1. The average Bonchev–Trinajstić information content (AvgIpc) is 2.35. The summed E-state index contributed by atoms with van der Waals surface area (Å²) in [5.41, 5.74) is 0.589. The van der Waals surface area contributed by atoms with Crippen LogP contribution >= 0.6 is 0 Å². The summed E-state index contributed by atoms with van der Waals surface area (Å²) < 4.78 is 28.8. The summed E-state index contributed by atoms with van der Waals surface area (Å²) in [4.78, 5) is 10.8. The van der Waals surface area contributed by atoms with Crippen molar-refractivity contribution in [2.24, 2.45) is 0 Å². The fraction of sp³-hybridized carbons (Fsp3) is 0.462. The molecule has 106 valence electrons. The summed E-state index contributed by atoms with van der Waals surface area (Å²) in [6.45, 7) is 0.549. The smallest absolute Gasteiger partial charge is 0.307 e. The van der Waals surface area contributed by atoms with Crippen LogP contribution in [0.2, 0.25) is 0 Å². The van der Waals surface area contributed by atoms with Crippen LogP contribution in [0, 0.1) is 0 Å². The molecule has 0 aliphatic heterocycles. The van der Waals surface area contributed by atoms with Crippen LogP contribution in [0.5, 0.6) is 0 Å². The Hall–Kier alpha value is -1.40. The molecule has 1 aromatic rings. The van der Waals surface area contributed by atoms with Crippen molar-refractivity contribution in [2.45, 2.75) is 24.2 Å². The number of hydrogen-bond donors (Lipinski definition) is 1. The number of ether oxygens (including phenoxy) is 1. The van der Waals surface area contributed by atoms with E-state index in [1.807, 2.05) is 0 Å². The second kappa shape index (κ2) is 7.25. The number of unbranched alkanes of at least 4 members (excludes halogenated alkanes) is 1. The zero-order valence-electron chi connectivity index (χ0n) is 10.8. The van der Waals surface area contributed by atoms with Gasteiger partial charge in [0.25, 0.3) is 0 Å². The molecule has 0 saturated carbocycles. The van der Waals surface area contributed by atoms with E-state index in [0.29, 0.717) is 25.0 Å². The lowest BCUT2D eigenvalue weighted by Gasteiger charge is -2.05. The zero-order chi connectivity index (χ0) is 14.3. The van der Waals surface area contributed by atoms with E-state index >= 15 is 0 Å². The summed E-state index contributed by atoms with van der Waals surface area (Å²) >= 11 is 0. The molecular formula is C13H18O5S. The molecule has 0 spiro atoms. The molecule has 0 aromatic heterocycles. The van der Waals surface area contributed by atoms with E-state index in [4.69, 9.17) is 9.84 Å². The Morgan fingerprint density at radius 1 is 1.21 bits per heavy atom. The number of rotatable bonds is 8. The lowest BCUT2D eigenvalue weighted by Crippen LogP contribution is -2.08. The van der Waals surface area contributed by atoms with Gasteiger partial charge in [0, 0.05) is 13.7 Å². The molecule has 0 bridgehead atoms. The van der Waals surface area contributed by atoms with Crippen molar-refractivity contribution in [1.29, 1.82) is 0 Å². The zero-order valence-corrected chi connectivity index (χ0v) is 11.6. The summed E-state index contributed by atoms with van der Waals surface area (Å²) in [5, 5.41) is 8.63. The quantitative estimate of drug-likeness (QED) is 0.733. The Labute approximate surface area is 113 Å². The number of benzene rings is 1. The maximum absolute atomic E-state index is 12.0. The summed E-state index contributed by atoms with van der Waals surface area (Å²) in [6.07, 6.45) is 1.15. The van der Waals surface area contributed by atoms with E-state index in [9.17, 15) is 13.2 Å². The Balaban J connectivity index is 2.65. The highest BCUT2D eigenvalue weighted by Gasteiger charge is 2.14.